The molecule has 146 valence electrons. The number of para-hydroxylation sites is 2. The third-order valence-corrected chi connectivity index (χ3v) is 5.30. The summed E-state index contributed by atoms with van der Waals surface area (Å²) in [6.45, 7) is 0.343. The first-order valence-corrected chi connectivity index (χ1v) is 10.5. The van der Waals surface area contributed by atoms with Crippen LogP contribution in [0, 0.1) is 0 Å². The van der Waals surface area contributed by atoms with Gasteiger partial charge in [-0.1, -0.05) is 24.3 Å². The zero-order valence-corrected chi connectivity index (χ0v) is 16.4. The van der Waals surface area contributed by atoms with Gasteiger partial charge in [0.15, 0.2) is 9.84 Å². The molecule has 0 unspecified atom stereocenters. The molecule has 2 aromatic carbocycles. The molecule has 0 aliphatic carbocycles. The molecule has 0 fully saturated rings. The van der Waals surface area contributed by atoms with E-state index in [9.17, 15) is 13.2 Å². The first-order chi connectivity index (χ1) is 13.4. The van der Waals surface area contributed by atoms with Crippen LogP contribution in [0.5, 0.6) is 5.75 Å². The van der Waals surface area contributed by atoms with E-state index in [4.69, 9.17) is 4.74 Å². The number of hydrogen-bond donors (Lipinski definition) is 1. The molecule has 0 spiro atoms. The molecule has 1 amide bonds. The van der Waals surface area contributed by atoms with Gasteiger partial charge in [0.25, 0.3) is 0 Å². The Hall–Kier alpha value is -3.13. The van der Waals surface area contributed by atoms with E-state index in [1.54, 1.807) is 30.1 Å². The van der Waals surface area contributed by atoms with Gasteiger partial charge in [0.05, 0.1) is 24.6 Å². The largest absolute Gasteiger partial charge is 0.494 e. The molecule has 0 bridgehead atoms. The van der Waals surface area contributed by atoms with E-state index in [-0.39, 0.29) is 17.2 Å². The van der Waals surface area contributed by atoms with Crippen LogP contribution >= 0.6 is 0 Å². The number of benzene rings is 2. The number of hydrogen-bond acceptors (Lipinski definition) is 5. The van der Waals surface area contributed by atoms with Gasteiger partial charge in [0, 0.05) is 24.6 Å². The number of carbonyl (C=O) groups excluding carboxylic acids is 1. The molecule has 28 heavy (non-hydrogen) atoms. The van der Waals surface area contributed by atoms with Crippen molar-refractivity contribution in [1.82, 2.24) is 15.1 Å². The van der Waals surface area contributed by atoms with Gasteiger partial charge < -0.3 is 10.1 Å². The minimum atomic E-state index is -3.24. The molecule has 1 N–H and O–H groups in total. The number of nitrogens with zero attached hydrogens (tertiary/aromatic N) is 2. The van der Waals surface area contributed by atoms with Gasteiger partial charge in [0.2, 0.25) is 5.91 Å². The van der Waals surface area contributed by atoms with Crippen LogP contribution in [0.4, 0.5) is 0 Å². The molecule has 0 aliphatic rings. The summed E-state index contributed by atoms with van der Waals surface area (Å²) < 4.78 is 30.0. The molecule has 3 aromatic rings. The zero-order chi connectivity index (χ0) is 20.1. The van der Waals surface area contributed by atoms with Gasteiger partial charge in [0.1, 0.15) is 11.4 Å². The number of carbonyl (C=O) groups is 1. The lowest BCUT2D eigenvalue weighted by Gasteiger charge is -2.07. The minimum Gasteiger partial charge on any atom is -0.494 e. The SMILES string of the molecule is COc1ccccc1-n1cc(CNC(=O)Cc2ccc(S(C)(=O)=O)cc2)cn1. The smallest absolute Gasteiger partial charge is 0.224 e. The number of sulfone groups is 1. The number of amides is 1. The molecule has 0 saturated heterocycles. The van der Waals surface area contributed by atoms with E-state index in [2.05, 4.69) is 10.4 Å². The maximum atomic E-state index is 12.2. The van der Waals surface area contributed by atoms with Gasteiger partial charge in [-0.2, -0.15) is 5.10 Å². The van der Waals surface area contributed by atoms with Crippen molar-refractivity contribution in [2.75, 3.05) is 13.4 Å². The van der Waals surface area contributed by atoms with Crippen molar-refractivity contribution < 1.29 is 17.9 Å². The van der Waals surface area contributed by atoms with E-state index >= 15 is 0 Å². The highest BCUT2D eigenvalue weighted by Crippen LogP contribution is 2.21. The predicted molar refractivity (Wildman–Crippen MR) is 105 cm³/mol. The Labute approximate surface area is 163 Å². The number of methoxy groups -OCH3 is 1. The lowest BCUT2D eigenvalue weighted by Crippen LogP contribution is -2.24. The second-order valence-electron chi connectivity index (χ2n) is 6.33. The molecule has 7 nitrogen and oxygen atoms in total. The quantitative estimate of drug-likeness (QED) is 0.657. The van der Waals surface area contributed by atoms with Gasteiger partial charge in [-0.25, -0.2) is 13.1 Å². The van der Waals surface area contributed by atoms with Crippen LogP contribution in [0.2, 0.25) is 0 Å². The third kappa shape index (κ3) is 4.77. The molecule has 8 heteroatoms. The van der Waals surface area contributed by atoms with Crippen molar-refractivity contribution in [3.8, 4) is 11.4 Å². The Balaban J connectivity index is 1.59. The molecular formula is C20H21N3O4S. The first-order valence-electron chi connectivity index (χ1n) is 8.59. The Bertz CT molecular complexity index is 1070. The monoisotopic (exact) mass is 399 g/mol. The number of aromatic nitrogens is 2. The topological polar surface area (TPSA) is 90.3 Å². The maximum absolute atomic E-state index is 12.2. The second-order valence-corrected chi connectivity index (χ2v) is 8.35. The van der Waals surface area contributed by atoms with Gasteiger partial charge in [-0.3, -0.25) is 4.79 Å². The van der Waals surface area contributed by atoms with Gasteiger partial charge >= 0.3 is 0 Å². The Kier molecular flexibility index (Phi) is 5.79. The molecule has 1 aromatic heterocycles. The summed E-state index contributed by atoms with van der Waals surface area (Å²) in [7, 11) is -1.64. The number of ether oxygens (including phenoxy) is 1. The highest BCUT2D eigenvalue weighted by Gasteiger charge is 2.10. The van der Waals surface area contributed by atoms with Crippen LogP contribution in [-0.2, 0) is 27.6 Å². The Morgan fingerprint density at radius 1 is 1.11 bits per heavy atom. The van der Waals surface area contributed by atoms with Crippen molar-refractivity contribution >= 4 is 15.7 Å². The minimum absolute atomic E-state index is 0.155. The van der Waals surface area contributed by atoms with Crippen LogP contribution in [0.25, 0.3) is 5.69 Å². The van der Waals surface area contributed by atoms with Crippen molar-refractivity contribution in [2.24, 2.45) is 0 Å². The van der Waals surface area contributed by atoms with E-state index in [0.717, 1.165) is 23.1 Å². The average Bonchev–Trinajstić information content (AvgIpc) is 3.15. The van der Waals surface area contributed by atoms with Gasteiger partial charge in [-0.05, 0) is 29.8 Å². The normalized spacial score (nSPS) is 11.2. The summed E-state index contributed by atoms with van der Waals surface area (Å²) in [5, 5.41) is 7.16. The second kappa shape index (κ2) is 8.26. The van der Waals surface area contributed by atoms with E-state index in [0.29, 0.717) is 12.3 Å². The summed E-state index contributed by atoms with van der Waals surface area (Å²) in [5.74, 6) is 0.552. The summed E-state index contributed by atoms with van der Waals surface area (Å²) in [6.07, 6.45) is 4.84. The molecule has 0 radical (unpaired) electrons. The summed E-state index contributed by atoms with van der Waals surface area (Å²) in [6, 6.07) is 13.9. The van der Waals surface area contributed by atoms with Crippen LogP contribution < -0.4 is 10.1 Å². The molecule has 3 rings (SSSR count). The van der Waals surface area contributed by atoms with E-state index < -0.39 is 9.84 Å². The highest BCUT2D eigenvalue weighted by atomic mass is 32.2. The predicted octanol–water partition coefficient (Wildman–Crippen LogP) is 2.14. The molecule has 0 saturated carbocycles. The maximum Gasteiger partial charge on any atom is 0.224 e. The molecule has 1 heterocycles. The average molecular weight is 399 g/mol. The Morgan fingerprint density at radius 2 is 1.82 bits per heavy atom. The summed E-state index contributed by atoms with van der Waals surface area (Å²) in [4.78, 5) is 12.4. The zero-order valence-electron chi connectivity index (χ0n) is 15.6. The molecule has 0 aliphatic heterocycles. The van der Waals surface area contributed by atoms with Crippen LogP contribution in [0.15, 0.2) is 65.8 Å². The first kappa shape index (κ1) is 19.6. The summed E-state index contributed by atoms with van der Waals surface area (Å²) >= 11 is 0. The molecular weight excluding hydrogens is 378 g/mol. The fourth-order valence-corrected chi connectivity index (χ4v) is 3.34. The van der Waals surface area contributed by atoms with Gasteiger partial charge in [-0.15, -0.1) is 0 Å². The highest BCUT2D eigenvalue weighted by molar-refractivity contribution is 7.90. The standard InChI is InChI=1S/C20H21N3O4S/c1-27-19-6-4-3-5-18(19)23-14-16(13-22-23)12-21-20(24)11-15-7-9-17(10-8-15)28(2,25)26/h3-10,13-14H,11-12H2,1-2H3,(H,21,24). The van der Waals surface area contributed by atoms with E-state index in [1.165, 1.54) is 12.1 Å². The Morgan fingerprint density at radius 3 is 2.50 bits per heavy atom. The van der Waals surface area contributed by atoms with Crippen LogP contribution in [0.3, 0.4) is 0 Å². The lowest BCUT2D eigenvalue weighted by molar-refractivity contribution is -0.120. The number of rotatable bonds is 7. The number of nitrogens with one attached hydrogen (secondary N) is 1. The third-order valence-electron chi connectivity index (χ3n) is 4.17. The van der Waals surface area contributed by atoms with Crippen LogP contribution in [-0.4, -0.2) is 37.5 Å². The fourth-order valence-electron chi connectivity index (χ4n) is 2.71. The fraction of sp³-hybridized carbons (Fsp3) is 0.200. The van der Waals surface area contributed by atoms with Crippen molar-refractivity contribution in [1.29, 1.82) is 0 Å². The molecule has 0 atom stereocenters. The van der Waals surface area contributed by atoms with E-state index in [1.807, 2.05) is 30.5 Å². The summed E-state index contributed by atoms with van der Waals surface area (Å²) in [5.41, 5.74) is 2.41. The van der Waals surface area contributed by atoms with Crippen LogP contribution in [0.1, 0.15) is 11.1 Å². The van der Waals surface area contributed by atoms with Crippen molar-refractivity contribution in [3.63, 3.8) is 0 Å². The lowest BCUT2D eigenvalue weighted by atomic mass is 10.1. The van der Waals surface area contributed by atoms with Crippen molar-refractivity contribution in [2.45, 2.75) is 17.9 Å². The van der Waals surface area contributed by atoms with Crippen molar-refractivity contribution in [3.05, 3.63) is 72.1 Å².